The number of hydrogen-bond acceptors (Lipinski definition) is 3. The van der Waals surface area contributed by atoms with Crippen molar-refractivity contribution in [2.45, 2.75) is 32.4 Å². The lowest BCUT2D eigenvalue weighted by Gasteiger charge is -2.17. The second-order valence-corrected chi connectivity index (χ2v) is 3.95. The lowest BCUT2D eigenvalue weighted by Crippen LogP contribution is -2.42. The Balaban J connectivity index is 2.77. The zero-order chi connectivity index (χ0) is 10.2. The number of nitrogens with one attached hydrogen (secondary N) is 1. The molecule has 74 valence electrons. The first kappa shape index (κ1) is 9.98. The van der Waals surface area contributed by atoms with Gasteiger partial charge >= 0.3 is 6.03 Å². The molecule has 0 aromatic rings. The lowest BCUT2D eigenvalue weighted by atomic mass is 10.1. The van der Waals surface area contributed by atoms with Gasteiger partial charge in [-0.25, -0.2) is 4.79 Å². The number of carbonyl (C=O) groups is 2. The fourth-order valence-corrected chi connectivity index (χ4v) is 1.27. The summed E-state index contributed by atoms with van der Waals surface area (Å²) in [5.41, 5.74) is 4.73. The van der Waals surface area contributed by atoms with Gasteiger partial charge in [-0.15, -0.1) is 0 Å². The lowest BCUT2D eigenvalue weighted by molar-refractivity contribution is -0.130. The van der Waals surface area contributed by atoms with Crippen molar-refractivity contribution < 1.29 is 9.59 Å². The molecule has 1 atom stereocenters. The maximum atomic E-state index is 11.6. The van der Waals surface area contributed by atoms with Gasteiger partial charge in [0.1, 0.15) is 5.54 Å². The zero-order valence-corrected chi connectivity index (χ0v) is 8.13. The first-order valence-corrected chi connectivity index (χ1v) is 4.24. The van der Waals surface area contributed by atoms with Gasteiger partial charge in [0.2, 0.25) is 0 Å². The minimum atomic E-state index is -0.786. The summed E-state index contributed by atoms with van der Waals surface area (Å²) < 4.78 is 0. The molecule has 0 saturated carbocycles. The summed E-state index contributed by atoms with van der Waals surface area (Å²) in [6.45, 7) is 5.38. The Morgan fingerprint density at radius 2 is 2.08 bits per heavy atom. The van der Waals surface area contributed by atoms with E-state index in [1.807, 2.05) is 0 Å². The van der Waals surface area contributed by atoms with Crippen LogP contribution in [-0.4, -0.2) is 35.0 Å². The van der Waals surface area contributed by atoms with Crippen LogP contribution in [0.1, 0.15) is 20.8 Å². The third-order valence-corrected chi connectivity index (χ3v) is 1.91. The molecule has 0 aromatic carbocycles. The minimum Gasteiger partial charge on any atom is -0.326 e. The highest BCUT2D eigenvalue weighted by molar-refractivity contribution is 6.06. The number of rotatable bonds is 2. The van der Waals surface area contributed by atoms with E-state index in [1.165, 1.54) is 0 Å². The van der Waals surface area contributed by atoms with Crippen molar-refractivity contribution in [3.63, 3.8) is 0 Å². The second-order valence-electron chi connectivity index (χ2n) is 3.95. The fourth-order valence-electron chi connectivity index (χ4n) is 1.27. The number of amides is 3. The van der Waals surface area contributed by atoms with Gasteiger partial charge in [0.05, 0.1) is 0 Å². The van der Waals surface area contributed by atoms with E-state index in [2.05, 4.69) is 5.32 Å². The minimum absolute atomic E-state index is 0.191. The Bertz CT molecular complexity index is 248. The molecule has 1 aliphatic heterocycles. The number of urea groups is 1. The van der Waals surface area contributed by atoms with Gasteiger partial charge in [0.25, 0.3) is 5.91 Å². The predicted molar refractivity (Wildman–Crippen MR) is 48.0 cm³/mol. The molecule has 1 rings (SSSR count). The normalized spacial score (nSPS) is 23.2. The summed E-state index contributed by atoms with van der Waals surface area (Å²) in [6.07, 6.45) is 0. The van der Waals surface area contributed by atoms with Gasteiger partial charge in [0.15, 0.2) is 0 Å². The summed E-state index contributed by atoms with van der Waals surface area (Å²) in [6, 6.07) is -0.545. The van der Waals surface area contributed by atoms with Crippen LogP contribution in [0, 0.1) is 0 Å². The fraction of sp³-hybridized carbons (Fsp3) is 0.750. The third kappa shape index (κ3) is 1.80. The Morgan fingerprint density at radius 3 is 2.38 bits per heavy atom. The topological polar surface area (TPSA) is 75.4 Å². The van der Waals surface area contributed by atoms with Crippen LogP contribution in [0.4, 0.5) is 4.79 Å². The molecule has 0 radical (unpaired) electrons. The maximum absolute atomic E-state index is 11.6. The monoisotopic (exact) mass is 185 g/mol. The van der Waals surface area contributed by atoms with Crippen molar-refractivity contribution in [1.29, 1.82) is 0 Å². The molecular weight excluding hydrogens is 170 g/mol. The van der Waals surface area contributed by atoms with E-state index in [1.54, 1.807) is 20.8 Å². The number of nitrogens with zero attached hydrogens (tertiary/aromatic N) is 1. The molecule has 1 saturated heterocycles. The summed E-state index contributed by atoms with van der Waals surface area (Å²) >= 11 is 0. The van der Waals surface area contributed by atoms with Crippen LogP contribution >= 0.6 is 0 Å². The molecule has 0 aliphatic carbocycles. The standard InChI is InChI=1S/C8H15N3O2/c1-5(9)4-11-6(12)8(2,3)10-7(11)13/h5H,4,9H2,1-3H3,(H,10,13). The molecular formula is C8H15N3O2. The van der Waals surface area contributed by atoms with Gasteiger partial charge < -0.3 is 11.1 Å². The highest BCUT2D eigenvalue weighted by atomic mass is 16.2. The largest absolute Gasteiger partial charge is 0.326 e. The molecule has 1 fully saturated rings. The van der Waals surface area contributed by atoms with Crippen LogP contribution in [0.3, 0.4) is 0 Å². The molecule has 1 aliphatic rings. The highest BCUT2D eigenvalue weighted by Crippen LogP contribution is 2.16. The summed E-state index contributed by atoms with van der Waals surface area (Å²) in [5, 5.41) is 2.58. The Hall–Kier alpha value is -1.10. The van der Waals surface area contributed by atoms with Crippen LogP contribution in [0.2, 0.25) is 0 Å². The smallest absolute Gasteiger partial charge is 0.325 e. The zero-order valence-electron chi connectivity index (χ0n) is 8.13. The van der Waals surface area contributed by atoms with Gasteiger partial charge in [-0.3, -0.25) is 9.69 Å². The average Bonchev–Trinajstić information content (AvgIpc) is 2.12. The molecule has 0 bridgehead atoms. The van der Waals surface area contributed by atoms with E-state index in [4.69, 9.17) is 5.73 Å². The van der Waals surface area contributed by atoms with Crippen molar-refractivity contribution in [1.82, 2.24) is 10.2 Å². The molecule has 3 N–H and O–H groups in total. The van der Waals surface area contributed by atoms with Crippen LogP contribution in [0.25, 0.3) is 0 Å². The quantitative estimate of drug-likeness (QED) is 0.578. The van der Waals surface area contributed by atoms with E-state index in [9.17, 15) is 9.59 Å². The Kier molecular flexibility index (Phi) is 2.30. The van der Waals surface area contributed by atoms with E-state index in [0.717, 1.165) is 4.90 Å². The average molecular weight is 185 g/mol. The van der Waals surface area contributed by atoms with Gasteiger partial charge in [-0.05, 0) is 20.8 Å². The van der Waals surface area contributed by atoms with Gasteiger partial charge in [-0.1, -0.05) is 0 Å². The highest BCUT2D eigenvalue weighted by Gasteiger charge is 2.44. The third-order valence-electron chi connectivity index (χ3n) is 1.91. The molecule has 1 unspecified atom stereocenters. The van der Waals surface area contributed by atoms with Gasteiger partial charge in [0, 0.05) is 12.6 Å². The van der Waals surface area contributed by atoms with Crippen molar-refractivity contribution >= 4 is 11.9 Å². The van der Waals surface area contributed by atoms with Gasteiger partial charge in [-0.2, -0.15) is 0 Å². The molecule has 1 heterocycles. The van der Waals surface area contributed by atoms with Crippen LogP contribution < -0.4 is 11.1 Å². The van der Waals surface area contributed by atoms with Crippen molar-refractivity contribution in [2.24, 2.45) is 5.73 Å². The van der Waals surface area contributed by atoms with Crippen LogP contribution in [0.15, 0.2) is 0 Å². The van der Waals surface area contributed by atoms with Crippen LogP contribution in [-0.2, 0) is 4.79 Å². The Labute approximate surface area is 77.3 Å². The van der Waals surface area contributed by atoms with Crippen molar-refractivity contribution in [3.05, 3.63) is 0 Å². The maximum Gasteiger partial charge on any atom is 0.325 e. The molecule has 5 nitrogen and oxygen atoms in total. The van der Waals surface area contributed by atoms with E-state index >= 15 is 0 Å². The summed E-state index contributed by atoms with van der Waals surface area (Å²) in [4.78, 5) is 24.0. The number of carbonyl (C=O) groups excluding carboxylic acids is 2. The Morgan fingerprint density at radius 1 is 1.54 bits per heavy atom. The molecule has 0 spiro atoms. The predicted octanol–water partition coefficient (Wildman–Crippen LogP) is -0.336. The first-order chi connectivity index (χ1) is 5.84. The van der Waals surface area contributed by atoms with Crippen LogP contribution in [0.5, 0.6) is 0 Å². The molecule has 5 heteroatoms. The first-order valence-electron chi connectivity index (χ1n) is 4.24. The molecule has 3 amide bonds. The SMILES string of the molecule is CC(N)CN1C(=O)NC(C)(C)C1=O. The number of nitrogens with two attached hydrogens (primary N) is 1. The number of imide groups is 1. The van der Waals surface area contributed by atoms with Crippen molar-refractivity contribution in [3.8, 4) is 0 Å². The molecule has 0 aromatic heterocycles. The second kappa shape index (κ2) is 2.99. The summed E-state index contributed by atoms with van der Waals surface area (Å²) in [7, 11) is 0. The summed E-state index contributed by atoms with van der Waals surface area (Å²) in [5.74, 6) is -0.213. The van der Waals surface area contributed by atoms with E-state index < -0.39 is 5.54 Å². The molecule has 13 heavy (non-hydrogen) atoms. The van der Waals surface area contributed by atoms with E-state index in [0.29, 0.717) is 0 Å². The number of hydrogen-bond donors (Lipinski definition) is 2. The van der Waals surface area contributed by atoms with E-state index in [-0.39, 0.29) is 24.5 Å². The van der Waals surface area contributed by atoms with Crippen molar-refractivity contribution in [2.75, 3.05) is 6.54 Å².